The molecule has 2 aromatic carbocycles. The second-order valence-electron chi connectivity index (χ2n) is 10.6. The Kier molecular flexibility index (Phi) is 10.0. The molecule has 3 atom stereocenters. The number of aryl methyl sites for hydroxylation is 1. The number of carboxylic acids is 1. The van der Waals surface area contributed by atoms with Gasteiger partial charge < -0.3 is 14.7 Å². The fraction of sp³-hybridized carbons (Fsp3) is 0.484. The first-order chi connectivity index (χ1) is 19.2. The van der Waals surface area contributed by atoms with Gasteiger partial charge in [-0.2, -0.15) is 13.2 Å². The largest absolute Gasteiger partial charge is 0.497 e. The van der Waals surface area contributed by atoms with Crippen molar-refractivity contribution in [1.29, 1.82) is 0 Å². The van der Waals surface area contributed by atoms with Crippen LogP contribution in [-0.2, 0) is 17.4 Å². The van der Waals surface area contributed by atoms with Gasteiger partial charge in [-0.05, 0) is 105 Å². The Hall–Kier alpha value is -3.20. The van der Waals surface area contributed by atoms with E-state index in [0.717, 1.165) is 25.5 Å². The van der Waals surface area contributed by atoms with Crippen molar-refractivity contribution in [2.24, 2.45) is 11.8 Å². The number of pyridine rings is 1. The molecule has 5 nitrogen and oxygen atoms in total. The van der Waals surface area contributed by atoms with Gasteiger partial charge in [0.05, 0.1) is 18.2 Å². The lowest BCUT2D eigenvalue weighted by atomic mass is 9.79. The molecule has 1 aliphatic rings. The summed E-state index contributed by atoms with van der Waals surface area (Å²) in [6, 6.07) is 12.8. The molecule has 40 heavy (non-hydrogen) atoms. The zero-order valence-corrected chi connectivity index (χ0v) is 22.7. The smallest absolute Gasteiger partial charge is 0.416 e. The molecule has 4 rings (SSSR count). The lowest BCUT2D eigenvalue weighted by Gasteiger charge is -2.38. The van der Waals surface area contributed by atoms with Crippen LogP contribution in [-0.4, -0.2) is 47.7 Å². The van der Waals surface area contributed by atoms with Crippen molar-refractivity contribution < 1.29 is 32.2 Å². The maximum atomic E-state index is 15.5. The highest BCUT2D eigenvalue weighted by molar-refractivity contribution is 5.83. The summed E-state index contributed by atoms with van der Waals surface area (Å²) in [4.78, 5) is 18.1. The number of methoxy groups -OCH3 is 1. The molecule has 0 aliphatic carbocycles. The van der Waals surface area contributed by atoms with E-state index in [9.17, 15) is 23.1 Å². The maximum Gasteiger partial charge on any atom is 0.416 e. The Morgan fingerprint density at radius 2 is 1.95 bits per heavy atom. The fourth-order valence-corrected chi connectivity index (χ4v) is 5.92. The Labute approximate surface area is 232 Å². The molecule has 0 radical (unpaired) electrons. The molecule has 0 spiro atoms. The number of hydrogen-bond acceptors (Lipinski definition) is 4. The number of carbonyl (C=O) groups is 1. The molecular formula is C31H36F4N2O3. The zero-order chi connectivity index (χ0) is 28.7. The summed E-state index contributed by atoms with van der Waals surface area (Å²) in [5.41, 5.74) is 0.976. The van der Waals surface area contributed by atoms with E-state index in [1.165, 1.54) is 12.1 Å². The van der Waals surface area contributed by atoms with Gasteiger partial charge in [-0.1, -0.05) is 18.2 Å². The lowest BCUT2D eigenvalue weighted by molar-refractivity contribution is -0.139. The Balaban J connectivity index is 1.31. The van der Waals surface area contributed by atoms with Gasteiger partial charge in [0, 0.05) is 24.5 Å². The molecule has 2 heterocycles. The van der Waals surface area contributed by atoms with Gasteiger partial charge in [-0.3, -0.25) is 9.78 Å². The summed E-state index contributed by atoms with van der Waals surface area (Å²) in [7, 11) is 1.56. The summed E-state index contributed by atoms with van der Waals surface area (Å²) in [6.07, 6.45) is -0.627. The molecule has 0 saturated carbocycles. The van der Waals surface area contributed by atoms with Crippen LogP contribution in [0.15, 0.2) is 54.7 Å². The van der Waals surface area contributed by atoms with Crippen molar-refractivity contribution >= 4 is 16.9 Å². The van der Waals surface area contributed by atoms with E-state index in [1.807, 2.05) is 0 Å². The molecule has 3 aromatic rings. The number of halogens is 4. The van der Waals surface area contributed by atoms with Crippen LogP contribution in [0.25, 0.3) is 10.9 Å². The van der Waals surface area contributed by atoms with Crippen molar-refractivity contribution in [3.8, 4) is 5.75 Å². The number of fused-ring (bicyclic) bond motifs is 1. The minimum Gasteiger partial charge on any atom is -0.497 e. The maximum absolute atomic E-state index is 15.5. The number of ether oxygens (including phenoxy) is 1. The average molecular weight is 561 g/mol. The molecule has 216 valence electrons. The SMILES string of the molecule is COc1ccc2nccc(C(F)CC[C@@H]3CCN(CCCCc4ccccc4C(F)(F)F)C[C@@H]3CC(=O)O)c2c1. The van der Waals surface area contributed by atoms with Crippen molar-refractivity contribution in [1.82, 2.24) is 9.88 Å². The van der Waals surface area contributed by atoms with Crippen molar-refractivity contribution in [3.63, 3.8) is 0 Å². The minimum absolute atomic E-state index is 0.0203. The summed E-state index contributed by atoms with van der Waals surface area (Å²) < 4.78 is 60.6. The van der Waals surface area contributed by atoms with E-state index in [4.69, 9.17) is 4.74 Å². The molecule has 0 bridgehead atoms. The van der Waals surface area contributed by atoms with Gasteiger partial charge in [-0.15, -0.1) is 0 Å². The van der Waals surface area contributed by atoms with E-state index in [1.54, 1.807) is 43.6 Å². The summed E-state index contributed by atoms with van der Waals surface area (Å²) in [6.45, 7) is 2.07. The van der Waals surface area contributed by atoms with Gasteiger partial charge in [0.2, 0.25) is 0 Å². The third kappa shape index (κ3) is 7.71. The van der Waals surface area contributed by atoms with Crippen LogP contribution in [0.2, 0.25) is 0 Å². The van der Waals surface area contributed by atoms with Gasteiger partial charge in [0.1, 0.15) is 11.9 Å². The molecule has 1 N–H and O–H groups in total. The van der Waals surface area contributed by atoms with E-state index < -0.39 is 23.9 Å². The monoisotopic (exact) mass is 560 g/mol. The van der Waals surface area contributed by atoms with Crippen molar-refractivity contribution in [3.05, 3.63) is 71.4 Å². The Morgan fingerprint density at radius 1 is 1.15 bits per heavy atom. The Morgan fingerprint density at radius 3 is 2.70 bits per heavy atom. The Bertz CT molecular complexity index is 1280. The van der Waals surface area contributed by atoms with Gasteiger partial charge in [-0.25, -0.2) is 4.39 Å². The highest BCUT2D eigenvalue weighted by Crippen LogP contribution is 2.37. The highest BCUT2D eigenvalue weighted by atomic mass is 19.4. The van der Waals surface area contributed by atoms with Crippen LogP contribution in [0.3, 0.4) is 0 Å². The number of likely N-dealkylation sites (tertiary alicyclic amines) is 1. The van der Waals surface area contributed by atoms with Crippen LogP contribution in [0.1, 0.15) is 61.4 Å². The number of hydrogen-bond donors (Lipinski definition) is 1. The number of alkyl halides is 4. The third-order valence-corrected chi connectivity index (χ3v) is 8.02. The second-order valence-corrected chi connectivity index (χ2v) is 10.6. The van der Waals surface area contributed by atoms with Gasteiger partial charge in [0.15, 0.2) is 0 Å². The standard InChI is InChI=1S/C31H36F4N2O3/c1-40-24-10-12-29-26(19-24)25(13-15-36-29)28(32)11-9-21-14-17-37(20-23(21)18-30(38)39)16-5-4-7-22-6-2-3-8-27(22)31(33,34)35/h2-3,6,8,10,12-13,15,19,21,23,28H,4-5,7,9,11,14,16-18,20H2,1H3,(H,38,39)/t21-,23+,28?/m1/s1. The van der Waals surface area contributed by atoms with Crippen LogP contribution in [0, 0.1) is 11.8 Å². The van der Waals surface area contributed by atoms with Crippen molar-refractivity contribution in [2.75, 3.05) is 26.7 Å². The number of unbranched alkanes of at least 4 members (excludes halogenated alkanes) is 1. The predicted molar refractivity (Wildman–Crippen MR) is 146 cm³/mol. The van der Waals surface area contributed by atoms with Crippen LogP contribution < -0.4 is 4.74 Å². The molecule has 1 fully saturated rings. The van der Waals surface area contributed by atoms with Gasteiger partial charge >= 0.3 is 12.1 Å². The number of aromatic nitrogens is 1. The number of nitrogens with zero attached hydrogens (tertiary/aromatic N) is 2. The molecule has 0 amide bonds. The van der Waals surface area contributed by atoms with E-state index in [2.05, 4.69) is 9.88 Å². The van der Waals surface area contributed by atoms with Crippen molar-refractivity contribution in [2.45, 2.75) is 57.3 Å². The quantitative estimate of drug-likeness (QED) is 0.184. The van der Waals surface area contributed by atoms with Gasteiger partial charge in [0.25, 0.3) is 0 Å². The first kappa shape index (κ1) is 29.8. The number of carboxylic acid groups (broad SMARTS) is 1. The second kappa shape index (κ2) is 13.4. The van der Waals surface area contributed by atoms with E-state index in [0.29, 0.717) is 60.1 Å². The normalized spacial score (nSPS) is 19.0. The first-order valence-corrected chi connectivity index (χ1v) is 13.8. The molecule has 1 saturated heterocycles. The molecular weight excluding hydrogens is 524 g/mol. The summed E-state index contributed by atoms with van der Waals surface area (Å²) in [5.74, 6) is -0.248. The van der Waals surface area contributed by atoms with E-state index in [-0.39, 0.29) is 24.7 Å². The van der Waals surface area contributed by atoms with Crippen LogP contribution in [0.4, 0.5) is 17.6 Å². The summed E-state index contributed by atoms with van der Waals surface area (Å²) >= 11 is 0. The zero-order valence-electron chi connectivity index (χ0n) is 22.7. The topological polar surface area (TPSA) is 62.7 Å². The molecule has 1 aliphatic heterocycles. The highest BCUT2D eigenvalue weighted by Gasteiger charge is 2.33. The minimum atomic E-state index is -4.36. The third-order valence-electron chi connectivity index (χ3n) is 8.02. The molecule has 1 aromatic heterocycles. The first-order valence-electron chi connectivity index (χ1n) is 13.8. The number of aliphatic carboxylic acids is 1. The fourth-order valence-electron chi connectivity index (χ4n) is 5.92. The predicted octanol–water partition coefficient (Wildman–Crippen LogP) is 7.49. The average Bonchev–Trinajstić information content (AvgIpc) is 2.93. The number of piperidine rings is 1. The number of rotatable bonds is 12. The lowest BCUT2D eigenvalue weighted by Crippen LogP contribution is -2.41. The number of benzene rings is 2. The van der Waals surface area contributed by atoms with Crippen LogP contribution >= 0.6 is 0 Å². The van der Waals surface area contributed by atoms with E-state index >= 15 is 4.39 Å². The summed E-state index contributed by atoms with van der Waals surface area (Å²) in [5, 5.41) is 10.2. The molecule has 1 unspecified atom stereocenters. The molecule has 9 heteroatoms. The van der Waals surface area contributed by atoms with Crippen LogP contribution in [0.5, 0.6) is 5.75 Å².